The highest BCUT2D eigenvalue weighted by molar-refractivity contribution is 7.13. The zero-order valence-corrected chi connectivity index (χ0v) is 15.3. The second-order valence-corrected chi connectivity index (χ2v) is 6.03. The van der Waals surface area contributed by atoms with Crippen molar-refractivity contribution in [3.63, 3.8) is 0 Å². The molecule has 0 saturated heterocycles. The second kappa shape index (κ2) is 7.88. The van der Waals surface area contributed by atoms with Crippen molar-refractivity contribution in [2.45, 2.75) is 0 Å². The van der Waals surface area contributed by atoms with Crippen molar-refractivity contribution < 1.29 is 23.7 Å². The average molecular weight is 371 g/mol. The standard InChI is InChI=1S/C19H17NO5S/c1-22-13-5-7-14(8-6-13)25-19(21)15-11-26-18(20-15)12-4-9-16(23-2)17(10-12)24-3/h4-11H,1-3H3. The van der Waals surface area contributed by atoms with E-state index < -0.39 is 5.97 Å². The molecule has 0 radical (unpaired) electrons. The molecule has 1 aromatic heterocycles. The monoisotopic (exact) mass is 371 g/mol. The van der Waals surface area contributed by atoms with Crippen LogP contribution in [0.1, 0.15) is 10.5 Å². The van der Waals surface area contributed by atoms with Crippen molar-refractivity contribution in [1.82, 2.24) is 4.98 Å². The molecule has 0 fully saturated rings. The van der Waals surface area contributed by atoms with Gasteiger partial charge in [-0.3, -0.25) is 0 Å². The van der Waals surface area contributed by atoms with Crippen LogP contribution in [-0.4, -0.2) is 32.3 Å². The number of hydrogen-bond donors (Lipinski definition) is 0. The third kappa shape index (κ3) is 3.78. The largest absolute Gasteiger partial charge is 0.497 e. The third-order valence-corrected chi connectivity index (χ3v) is 4.51. The first-order valence-electron chi connectivity index (χ1n) is 7.68. The topological polar surface area (TPSA) is 66.9 Å². The zero-order chi connectivity index (χ0) is 18.5. The summed E-state index contributed by atoms with van der Waals surface area (Å²) in [7, 11) is 4.72. The van der Waals surface area contributed by atoms with Crippen LogP contribution >= 0.6 is 11.3 Å². The number of methoxy groups -OCH3 is 3. The predicted molar refractivity (Wildman–Crippen MR) is 98.6 cm³/mol. The third-order valence-electron chi connectivity index (χ3n) is 3.61. The maximum Gasteiger partial charge on any atom is 0.363 e. The van der Waals surface area contributed by atoms with Gasteiger partial charge in [-0.1, -0.05) is 0 Å². The number of thiazole rings is 1. The summed E-state index contributed by atoms with van der Waals surface area (Å²) >= 11 is 1.35. The van der Waals surface area contributed by atoms with Crippen LogP contribution < -0.4 is 18.9 Å². The molecule has 0 aliphatic rings. The minimum atomic E-state index is -0.516. The van der Waals surface area contributed by atoms with Gasteiger partial charge in [0.05, 0.1) is 21.3 Å². The Morgan fingerprint density at radius 2 is 1.58 bits per heavy atom. The molecule has 0 bridgehead atoms. The van der Waals surface area contributed by atoms with Gasteiger partial charge < -0.3 is 18.9 Å². The molecule has 0 unspecified atom stereocenters. The molecule has 0 N–H and O–H groups in total. The van der Waals surface area contributed by atoms with Gasteiger partial charge in [0.1, 0.15) is 16.5 Å². The van der Waals surface area contributed by atoms with Crippen LogP contribution in [0.4, 0.5) is 0 Å². The SMILES string of the molecule is COc1ccc(OC(=O)c2csc(-c3ccc(OC)c(OC)c3)n2)cc1. The molecule has 0 aliphatic carbocycles. The van der Waals surface area contributed by atoms with Crippen molar-refractivity contribution in [1.29, 1.82) is 0 Å². The number of rotatable bonds is 6. The van der Waals surface area contributed by atoms with Crippen LogP contribution in [0.25, 0.3) is 10.6 Å². The van der Waals surface area contributed by atoms with Crippen molar-refractivity contribution in [3.05, 3.63) is 53.5 Å². The molecule has 3 rings (SSSR count). The van der Waals surface area contributed by atoms with Gasteiger partial charge in [-0.2, -0.15) is 0 Å². The Morgan fingerprint density at radius 1 is 0.885 bits per heavy atom. The van der Waals surface area contributed by atoms with Crippen LogP contribution in [0.2, 0.25) is 0 Å². The first-order chi connectivity index (χ1) is 12.6. The lowest BCUT2D eigenvalue weighted by Crippen LogP contribution is -2.08. The van der Waals surface area contributed by atoms with Crippen LogP contribution in [0.5, 0.6) is 23.0 Å². The van der Waals surface area contributed by atoms with E-state index in [1.54, 1.807) is 57.0 Å². The van der Waals surface area contributed by atoms with Crippen LogP contribution in [-0.2, 0) is 0 Å². The highest BCUT2D eigenvalue weighted by Gasteiger charge is 2.15. The van der Waals surface area contributed by atoms with Gasteiger partial charge in [0.15, 0.2) is 17.2 Å². The normalized spacial score (nSPS) is 10.3. The summed E-state index contributed by atoms with van der Waals surface area (Å²) in [6.45, 7) is 0. The van der Waals surface area contributed by atoms with E-state index in [1.165, 1.54) is 11.3 Å². The number of esters is 1. The lowest BCUT2D eigenvalue weighted by molar-refractivity contribution is 0.0729. The number of ether oxygens (including phenoxy) is 4. The molecule has 26 heavy (non-hydrogen) atoms. The molecule has 1 heterocycles. The molecule has 0 atom stereocenters. The molecular formula is C19H17NO5S. The minimum Gasteiger partial charge on any atom is -0.497 e. The van der Waals surface area contributed by atoms with E-state index in [9.17, 15) is 4.79 Å². The Balaban J connectivity index is 1.77. The van der Waals surface area contributed by atoms with Gasteiger partial charge in [-0.25, -0.2) is 9.78 Å². The van der Waals surface area contributed by atoms with Gasteiger partial charge >= 0.3 is 5.97 Å². The Hall–Kier alpha value is -3.06. The number of benzene rings is 2. The maximum absolute atomic E-state index is 12.3. The van der Waals surface area contributed by atoms with E-state index >= 15 is 0 Å². The van der Waals surface area contributed by atoms with E-state index in [0.29, 0.717) is 28.0 Å². The molecule has 0 aliphatic heterocycles. The van der Waals surface area contributed by atoms with E-state index in [4.69, 9.17) is 18.9 Å². The van der Waals surface area contributed by atoms with Gasteiger partial charge in [-0.15, -0.1) is 11.3 Å². The summed E-state index contributed by atoms with van der Waals surface area (Å²) in [4.78, 5) is 16.6. The molecule has 0 spiro atoms. The van der Waals surface area contributed by atoms with Crippen molar-refractivity contribution >= 4 is 17.3 Å². The van der Waals surface area contributed by atoms with E-state index in [0.717, 1.165) is 5.56 Å². The average Bonchev–Trinajstić information content (AvgIpc) is 3.18. The van der Waals surface area contributed by atoms with Crippen LogP contribution in [0.3, 0.4) is 0 Å². The Labute approximate surface area is 154 Å². The molecule has 6 nitrogen and oxygen atoms in total. The summed E-state index contributed by atoms with van der Waals surface area (Å²) < 4.78 is 20.9. The summed E-state index contributed by atoms with van der Waals surface area (Å²) in [5.41, 5.74) is 1.08. The lowest BCUT2D eigenvalue weighted by atomic mass is 10.2. The van der Waals surface area contributed by atoms with Crippen molar-refractivity contribution in [3.8, 4) is 33.6 Å². The minimum absolute atomic E-state index is 0.246. The molecule has 7 heteroatoms. The van der Waals surface area contributed by atoms with Gasteiger partial charge in [0.2, 0.25) is 0 Å². The van der Waals surface area contributed by atoms with E-state index in [-0.39, 0.29) is 5.69 Å². The molecule has 0 amide bonds. The van der Waals surface area contributed by atoms with E-state index in [1.807, 2.05) is 12.1 Å². The number of aromatic nitrogens is 1. The van der Waals surface area contributed by atoms with Crippen LogP contribution in [0, 0.1) is 0 Å². The summed E-state index contributed by atoms with van der Waals surface area (Å²) in [6, 6.07) is 12.2. The smallest absolute Gasteiger partial charge is 0.363 e. The van der Waals surface area contributed by atoms with E-state index in [2.05, 4.69) is 4.98 Å². The number of hydrogen-bond acceptors (Lipinski definition) is 7. The van der Waals surface area contributed by atoms with Gasteiger partial charge in [0, 0.05) is 10.9 Å². The Morgan fingerprint density at radius 3 is 2.23 bits per heavy atom. The number of nitrogens with zero attached hydrogens (tertiary/aromatic N) is 1. The molecule has 2 aromatic carbocycles. The fourth-order valence-electron chi connectivity index (χ4n) is 2.27. The molecule has 134 valence electrons. The fourth-order valence-corrected chi connectivity index (χ4v) is 3.06. The Kier molecular flexibility index (Phi) is 5.38. The quantitative estimate of drug-likeness (QED) is 0.481. The fraction of sp³-hybridized carbons (Fsp3) is 0.158. The number of carbonyl (C=O) groups is 1. The summed E-state index contributed by atoms with van der Waals surface area (Å²) in [5.74, 6) is 1.83. The highest BCUT2D eigenvalue weighted by atomic mass is 32.1. The molecular weight excluding hydrogens is 354 g/mol. The molecule has 0 saturated carbocycles. The summed E-state index contributed by atoms with van der Waals surface area (Å²) in [5, 5.41) is 2.35. The molecule has 3 aromatic rings. The lowest BCUT2D eigenvalue weighted by Gasteiger charge is -2.08. The van der Waals surface area contributed by atoms with Crippen molar-refractivity contribution in [2.75, 3.05) is 21.3 Å². The van der Waals surface area contributed by atoms with Crippen molar-refractivity contribution in [2.24, 2.45) is 0 Å². The maximum atomic E-state index is 12.3. The Bertz CT molecular complexity index is 905. The van der Waals surface area contributed by atoms with Gasteiger partial charge in [0.25, 0.3) is 0 Å². The van der Waals surface area contributed by atoms with Gasteiger partial charge in [-0.05, 0) is 42.5 Å². The zero-order valence-electron chi connectivity index (χ0n) is 14.5. The first kappa shape index (κ1) is 17.8. The number of carbonyl (C=O) groups excluding carboxylic acids is 1. The van der Waals surface area contributed by atoms with Crippen LogP contribution in [0.15, 0.2) is 47.8 Å². The summed E-state index contributed by atoms with van der Waals surface area (Å²) in [6.07, 6.45) is 0. The first-order valence-corrected chi connectivity index (χ1v) is 8.56. The predicted octanol–water partition coefficient (Wildman–Crippen LogP) is 4.06. The highest BCUT2D eigenvalue weighted by Crippen LogP contribution is 2.33. The second-order valence-electron chi connectivity index (χ2n) is 5.17.